The molecule has 0 amide bonds. The summed E-state index contributed by atoms with van der Waals surface area (Å²) in [6.07, 6.45) is 4.82. The zero-order chi connectivity index (χ0) is 19.3. The van der Waals surface area contributed by atoms with Gasteiger partial charge < -0.3 is 19.3 Å². The van der Waals surface area contributed by atoms with Crippen molar-refractivity contribution in [3.63, 3.8) is 0 Å². The highest BCUT2D eigenvalue weighted by Gasteiger charge is 2.23. The zero-order valence-electron chi connectivity index (χ0n) is 16.0. The molecule has 4 nitrogen and oxygen atoms in total. The Hall–Kier alpha value is -1.59. The molecular weight excluding hydrogens is 376 g/mol. The van der Waals surface area contributed by atoms with Gasteiger partial charge in [-0.05, 0) is 60.6 Å². The maximum Gasteiger partial charge on any atom is 0.124 e. The summed E-state index contributed by atoms with van der Waals surface area (Å²) in [4.78, 5) is 0. The van der Waals surface area contributed by atoms with Gasteiger partial charge in [0.25, 0.3) is 0 Å². The predicted octanol–water partition coefficient (Wildman–Crippen LogP) is 4.70. The molecule has 2 aliphatic heterocycles. The fraction of sp³-hybridized carbons (Fsp3) is 0.478. The lowest BCUT2D eigenvalue weighted by atomic mass is 9.95. The van der Waals surface area contributed by atoms with Crippen LogP contribution in [-0.2, 0) is 15.9 Å². The highest BCUT2D eigenvalue weighted by atomic mass is 35.5. The summed E-state index contributed by atoms with van der Waals surface area (Å²) in [5.74, 6) is 0.879. The van der Waals surface area contributed by atoms with Crippen LogP contribution in [0.15, 0.2) is 42.5 Å². The molecule has 0 aliphatic carbocycles. The largest absolute Gasteiger partial charge is 0.488 e. The second-order valence-electron chi connectivity index (χ2n) is 7.64. The van der Waals surface area contributed by atoms with Crippen molar-refractivity contribution < 1.29 is 19.3 Å². The Balaban J connectivity index is 1.43. The van der Waals surface area contributed by atoms with E-state index in [-0.39, 0.29) is 24.9 Å². The van der Waals surface area contributed by atoms with Gasteiger partial charge >= 0.3 is 0 Å². The Labute approximate surface area is 171 Å². The average Bonchev–Trinajstić information content (AvgIpc) is 3.24. The molecular formula is C23H27ClO4. The second-order valence-corrected chi connectivity index (χ2v) is 8.04. The van der Waals surface area contributed by atoms with Crippen LogP contribution in [0.2, 0.25) is 5.02 Å². The third kappa shape index (κ3) is 4.87. The van der Waals surface area contributed by atoms with Gasteiger partial charge in [-0.1, -0.05) is 35.9 Å². The first-order chi connectivity index (χ1) is 13.7. The summed E-state index contributed by atoms with van der Waals surface area (Å²) in [5, 5.41) is 10.2. The number of hydrogen-bond donors (Lipinski definition) is 1. The number of aliphatic hydroxyl groups is 1. The second kappa shape index (κ2) is 9.27. The van der Waals surface area contributed by atoms with E-state index in [1.807, 2.05) is 24.3 Å². The number of ether oxygens (including phenoxy) is 3. The van der Waals surface area contributed by atoms with Crippen molar-refractivity contribution in [2.24, 2.45) is 0 Å². The van der Waals surface area contributed by atoms with Crippen molar-refractivity contribution in [3.8, 4) is 5.75 Å². The molecule has 5 heteroatoms. The molecule has 0 unspecified atom stereocenters. The fourth-order valence-corrected chi connectivity index (χ4v) is 4.10. The maximum atomic E-state index is 9.40. The van der Waals surface area contributed by atoms with Crippen LogP contribution in [0.4, 0.5) is 0 Å². The lowest BCUT2D eigenvalue weighted by Crippen LogP contribution is -2.25. The van der Waals surface area contributed by atoms with Crippen LogP contribution in [0.3, 0.4) is 0 Å². The quantitative estimate of drug-likeness (QED) is 0.760. The van der Waals surface area contributed by atoms with Crippen LogP contribution >= 0.6 is 11.6 Å². The van der Waals surface area contributed by atoms with Crippen molar-refractivity contribution in [3.05, 3.63) is 64.2 Å². The van der Waals surface area contributed by atoms with Crippen molar-refractivity contribution in [1.29, 1.82) is 0 Å². The van der Waals surface area contributed by atoms with E-state index in [4.69, 9.17) is 25.8 Å². The molecule has 0 aromatic heterocycles. The number of hydrogen-bond acceptors (Lipinski definition) is 4. The number of halogens is 1. The minimum Gasteiger partial charge on any atom is -0.488 e. The molecule has 2 heterocycles. The molecule has 2 aromatic rings. The topological polar surface area (TPSA) is 47.9 Å². The third-order valence-corrected chi connectivity index (χ3v) is 5.87. The normalized spacial score (nSPS) is 25.0. The standard InChI is InChI=1S/C23H27ClO4/c24-22-9-6-17(23-3-1-2-20(14-25)28-23)13-18(22)12-16-4-7-19(8-5-16)27-21-10-11-26-15-21/h4-9,13,20-21,23,25H,1-3,10-12,14-15H2/t20-,21-,23+/m0/s1. The summed E-state index contributed by atoms with van der Waals surface area (Å²) in [5.41, 5.74) is 3.41. The average molecular weight is 403 g/mol. The van der Waals surface area contributed by atoms with Gasteiger partial charge in [-0.2, -0.15) is 0 Å². The number of aliphatic hydroxyl groups excluding tert-OH is 1. The molecule has 0 bridgehead atoms. The van der Waals surface area contributed by atoms with Gasteiger partial charge in [0.2, 0.25) is 0 Å². The Bertz CT molecular complexity index is 771. The van der Waals surface area contributed by atoms with Crippen LogP contribution in [0.5, 0.6) is 5.75 Å². The van der Waals surface area contributed by atoms with E-state index in [0.717, 1.165) is 60.6 Å². The first kappa shape index (κ1) is 19.7. The van der Waals surface area contributed by atoms with Crippen LogP contribution in [0, 0.1) is 0 Å². The number of benzene rings is 2. The van der Waals surface area contributed by atoms with Crippen LogP contribution < -0.4 is 4.74 Å². The molecule has 2 saturated heterocycles. The minimum absolute atomic E-state index is 0.0336. The zero-order valence-corrected chi connectivity index (χ0v) is 16.7. The van der Waals surface area contributed by atoms with Crippen LogP contribution in [0.25, 0.3) is 0 Å². The molecule has 2 fully saturated rings. The van der Waals surface area contributed by atoms with Crippen molar-refractivity contribution >= 4 is 11.6 Å². The Morgan fingerprint density at radius 2 is 1.93 bits per heavy atom. The third-order valence-electron chi connectivity index (χ3n) is 5.50. The fourth-order valence-electron chi connectivity index (χ4n) is 3.91. The molecule has 1 N–H and O–H groups in total. The summed E-state index contributed by atoms with van der Waals surface area (Å²) in [6.45, 7) is 1.53. The number of rotatable bonds is 6. The highest BCUT2D eigenvalue weighted by molar-refractivity contribution is 6.31. The first-order valence-corrected chi connectivity index (χ1v) is 10.5. The predicted molar refractivity (Wildman–Crippen MR) is 109 cm³/mol. The van der Waals surface area contributed by atoms with E-state index in [1.165, 1.54) is 5.56 Å². The first-order valence-electron chi connectivity index (χ1n) is 10.1. The van der Waals surface area contributed by atoms with Gasteiger partial charge in [0.1, 0.15) is 11.9 Å². The Morgan fingerprint density at radius 3 is 2.68 bits per heavy atom. The summed E-state index contributed by atoms with van der Waals surface area (Å²) in [7, 11) is 0. The SMILES string of the molecule is OC[C@@H]1CCC[C@H](c2ccc(Cl)c(Cc3ccc(O[C@H]4CCOC4)cc3)c2)O1. The lowest BCUT2D eigenvalue weighted by Gasteiger charge is -2.29. The van der Waals surface area contributed by atoms with E-state index in [9.17, 15) is 5.11 Å². The molecule has 28 heavy (non-hydrogen) atoms. The molecule has 0 spiro atoms. The molecule has 0 radical (unpaired) electrons. The van der Waals surface area contributed by atoms with E-state index >= 15 is 0 Å². The van der Waals surface area contributed by atoms with Crippen LogP contribution in [0.1, 0.15) is 48.5 Å². The van der Waals surface area contributed by atoms with Gasteiger partial charge in [0.15, 0.2) is 0 Å². The highest BCUT2D eigenvalue weighted by Crippen LogP contribution is 2.33. The van der Waals surface area contributed by atoms with E-state index < -0.39 is 0 Å². The van der Waals surface area contributed by atoms with E-state index in [2.05, 4.69) is 18.2 Å². The molecule has 3 atom stereocenters. The van der Waals surface area contributed by atoms with Gasteiger partial charge in [-0.3, -0.25) is 0 Å². The molecule has 4 rings (SSSR count). The van der Waals surface area contributed by atoms with Crippen molar-refractivity contribution in [1.82, 2.24) is 0 Å². The van der Waals surface area contributed by atoms with Crippen molar-refractivity contribution in [2.45, 2.75) is 50.4 Å². The van der Waals surface area contributed by atoms with Gasteiger partial charge in [0.05, 0.1) is 32.0 Å². The summed E-state index contributed by atoms with van der Waals surface area (Å²) >= 11 is 6.47. The van der Waals surface area contributed by atoms with Crippen molar-refractivity contribution in [2.75, 3.05) is 19.8 Å². The molecule has 2 aromatic carbocycles. The Kier molecular flexibility index (Phi) is 6.53. The Morgan fingerprint density at radius 1 is 1.07 bits per heavy atom. The molecule has 150 valence electrons. The minimum atomic E-state index is -0.0595. The van der Waals surface area contributed by atoms with Gasteiger partial charge in [0, 0.05) is 11.4 Å². The lowest BCUT2D eigenvalue weighted by molar-refractivity contribution is -0.0737. The summed E-state index contributed by atoms with van der Waals surface area (Å²) in [6, 6.07) is 14.3. The summed E-state index contributed by atoms with van der Waals surface area (Å²) < 4.78 is 17.3. The van der Waals surface area contributed by atoms with Gasteiger partial charge in [-0.15, -0.1) is 0 Å². The molecule has 0 saturated carbocycles. The maximum absolute atomic E-state index is 9.40. The van der Waals surface area contributed by atoms with Gasteiger partial charge in [-0.25, -0.2) is 0 Å². The van der Waals surface area contributed by atoms with Crippen LogP contribution in [-0.4, -0.2) is 37.1 Å². The van der Waals surface area contributed by atoms with E-state index in [1.54, 1.807) is 0 Å². The smallest absolute Gasteiger partial charge is 0.124 e. The molecule has 2 aliphatic rings. The monoisotopic (exact) mass is 402 g/mol. The van der Waals surface area contributed by atoms with E-state index in [0.29, 0.717) is 6.61 Å².